The van der Waals surface area contributed by atoms with Crippen molar-refractivity contribution in [2.24, 2.45) is 17.8 Å². The van der Waals surface area contributed by atoms with Gasteiger partial charge in [0.25, 0.3) is 0 Å². The lowest BCUT2D eigenvalue weighted by Crippen LogP contribution is -2.30. The Balaban J connectivity index is -0.000000311. The van der Waals surface area contributed by atoms with Gasteiger partial charge in [-0.1, -0.05) is 41.5 Å². The van der Waals surface area contributed by atoms with Gasteiger partial charge in [-0.2, -0.15) is 0 Å². The number of Topliss-reactive ketones (excluding diaryl/α,β-unsaturated/α-hetero) is 1. The molecular weight excluding hydrogens is 690 g/mol. The molecule has 0 rings (SSSR count). The third-order valence-corrected chi connectivity index (χ3v) is 6.52. The fourth-order valence-electron chi connectivity index (χ4n) is 3.79. The molecule has 0 fully saturated rings. The zero-order valence-electron chi connectivity index (χ0n) is 38.2. The number of amides is 1. The summed E-state index contributed by atoms with van der Waals surface area (Å²) < 4.78 is 42.6. The second-order valence-electron chi connectivity index (χ2n) is 15.7. The first kappa shape index (κ1) is 59.5. The molecule has 0 heterocycles. The Morgan fingerprint density at radius 2 is 0.815 bits per heavy atom. The zero-order chi connectivity index (χ0) is 42.2. The fraction of sp³-hybridized carbons (Fsp3) is 0.953. The maximum absolute atomic E-state index is 11.2. The van der Waals surface area contributed by atoms with Gasteiger partial charge >= 0.3 is 0 Å². The highest BCUT2D eigenvalue weighted by Gasteiger charge is 2.06. The van der Waals surface area contributed by atoms with E-state index in [1.807, 2.05) is 83.1 Å². The highest BCUT2D eigenvalue weighted by Crippen LogP contribution is 2.03. The maximum Gasteiger partial charge on any atom is 0.222 e. The summed E-state index contributed by atoms with van der Waals surface area (Å²) in [7, 11) is 0. The summed E-state index contributed by atoms with van der Waals surface area (Å²) in [5, 5.41) is 2.80. The van der Waals surface area contributed by atoms with Crippen LogP contribution in [-0.4, -0.2) is 121 Å². The van der Waals surface area contributed by atoms with Crippen LogP contribution in [0.3, 0.4) is 0 Å². The van der Waals surface area contributed by atoms with Crippen molar-refractivity contribution in [2.75, 3.05) is 79.3 Å². The van der Waals surface area contributed by atoms with E-state index in [4.69, 9.17) is 37.9 Å². The van der Waals surface area contributed by atoms with Crippen molar-refractivity contribution in [3.63, 3.8) is 0 Å². The number of carbonyl (C=O) groups is 2. The molecule has 0 aromatic heterocycles. The van der Waals surface area contributed by atoms with Crippen LogP contribution >= 0.6 is 0 Å². The van der Waals surface area contributed by atoms with Crippen LogP contribution in [0.2, 0.25) is 0 Å². The van der Waals surface area contributed by atoms with Crippen LogP contribution in [0.1, 0.15) is 143 Å². The van der Waals surface area contributed by atoms with Gasteiger partial charge in [-0.05, 0) is 100 Å². The highest BCUT2D eigenvalue weighted by molar-refractivity contribution is 5.80. The van der Waals surface area contributed by atoms with Crippen LogP contribution < -0.4 is 5.32 Å². The minimum Gasteiger partial charge on any atom is -0.379 e. The summed E-state index contributed by atoms with van der Waals surface area (Å²) >= 11 is 0. The van der Waals surface area contributed by atoms with Crippen LogP contribution in [0.25, 0.3) is 0 Å². The van der Waals surface area contributed by atoms with Crippen LogP contribution in [0.4, 0.5) is 0 Å². The standard InChI is InChI=1S/C12H24O3.C11H23NO3.C11H24O2.C9H20O2/c1-10(2)12(13)6-5-7-14-8-9-15-11(3)4;1-9(2)12-11(13)5-6-14-7-8-15-10(3)4;1-10(2)6-5-7-12-8-9-13-11(3)4;1-8(2)7-10-5-6-11-9(3)4/h10-11H,5-9H2,1-4H3;9-10H,5-8H2,1-4H3,(H,12,13);10-11H,5-9H2,1-4H3;8-9H,5-7H2,1-4H3. The molecule has 0 saturated carbocycles. The summed E-state index contributed by atoms with van der Waals surface area (Å²) in [6.45, 7) is 40.7. The minimum atomic E-state index is 0.0368. The number of ketones is 1. The van der Waals surface area contributed by atoms with E-state index in [0.717, 1.165) is 45.4 Å². The second-order valence-corrected chi connectivity index (χ2v) is 15.7. The highest BCUT2D eigenvalue weighted by atomic mass is 16.5. The predicted octanol–water partition coefficient (Wildman–Crippen LogP) is 8.72. The van der Waals surface area contributed by atoms with Gasteiger partial charge in [-0.25, -0.2) is 0 Å². The van der Waals surface area contributed by atoms with Crippen molar-refractivity contribution in [1.29, 1.82) is 0 Å². The summed E-state index contributed by atoms with van der Waals surface area (Å²) in [5.74, 6) is 1.91. The zero-order valence-corrected chi connectivity index (χ0v) is 38.2. The third-order valence-electron chi connectivity index (χ3n) is 6.52. The second kappa shape index (κ2) is 44.5. The number of hydrogen-bond donors (Lipinski definition) is 1. The van der Waals surface area contributed by atoms with E-state index >= 15 is 0 Å². The molecule has 0 aliphatic heterocycles. The minimum absolute atomic E-state index is 0.0368. The topological polar surface area (TPSA) is 120 Å². The Morgan fingerprint density at radius 1 is 0.426 bits per heavy atom. The molecule has 0 spiro atoms. The van der Waals surface area contributed by atoms with Crippen LogP contribution in [-0.2, 0) is 47.5 Å². The normalized spacial score (nSPS) is 11.3. The van der Waals surface area contributed by atoms with E-state index in [1.54, 1.807) is 0 Å². The van der Waals surface area contributed by atoms with Crippen molar-refractivity contribution in [3.8, 4) is 0 Å². The largest absolute Gasteiger partial charge is 0.379 e. The van der Waals surface area contributed by atoms with Gasteiger partial charge in [-0.15, -0.1) is 0 Å². The predicted molar refractivity (Wildman–Crippen MR) is 224 cm³/mol. The van der Waals surface area contributed by atoms with Crippen LogP contribution in [0.5, 0.6) is 0 Å². The Labute approximate surface area is 334 Å². The molecule has 0 saturated heterocycles. The van der Waals surface area contributed by atoms with Gasteiger partial charge in [0, 0.05) is 44.6 Å². The Morgan fingerprint density at radius 3 is 1.17 bits per heavy atom. The first-order chi connectivity index (χ1) is 25.3. The number of hydrogen-bond acceptors (Lipinski definition) is 10. The molecule has 11 nitrogen and oxygen atoms in total. The Bertz CT molecular complexity index is 737. The van der Waals surface area contributed by atoms with Crippen LogP contribution in [0.15, 0.2) is 0 Å². The van der Waals surface area contributed by atoms with E-state index in [1.165, 1.54) is 12.8 Å². The monoisotopic (exact) mass is 782 g/mol. The van der Waals surface area contributed by atoms with Crippen molar-refractivity contribution in [3.05, 3.63) is 0 Å². The summed E-state index contributed by atoms with van der Waals surface area (Å²) in [6.07, 6.45) is 5.41. The molecule has 1 N–H and O–H groups in total. The summed E-state index contributed by atoms with van der Waals surface area (Å²) in [5.41, 5.74) is 0. The van der Waals surface area contributed by atoms with Gasteiger partial charge in [0.2, 0.25) is 5.91 Å². The van der Waals surface area contributed by atoms with Crippen molar-refractivity contribution in [1.82, 2.24) is 5.32 Å². The lowest BCUT2D eigenvalue weighted by molar-refractivity contribution is -0.123. The first-order valence-electron chi connectivity index (χ1n) is 20.9. The molecule has 1 amide bonds. The molecule has 11 heteroatoms. The molecule has 0 radical (unpaired) electrons. The molecule has 328 valence electrons. The average Bonchev–Trinajstić information content (AvgIpc) is 3.05. The molecule has 0 aliphatic carbocycles. The number of rotatable bonds is 31. The molecule has 54 heavy (non-hydrogen) atoms. The molecule has 0 aliphatic rings. The smallest absolute Gasteiger partial charge is 0.222 e. The lowest BCUT2D eigenvalue weighted by atomic mass is 10.1. The quantitative estimate of drug-likeness (QED) is 0.0684. The van der Waals surface area contributed by atoms with E-state index in [2.05, 4.69) is 33.0 Å². The van der Waals surface area contributed by atoms with Gasteiger partial charge in [-0.3, -0.25) is 9.59 Å². The third kappa shape index (κ3) is 65.7. The molecule has 0 bridgehead atoms. The Kier molecular flexibility index (Phi) is 49.1. The van der Waals surface area contributed by atoms with E-state index < -0.39 is 0 Å². The number of carbonyl (C=O) groups excluding carboxylic acids is 2. The van der Waals surface area contributed by atoms with E-state index in [-0.39, 0.29) is 30.1 Å². The molecule has 0 atom stereocenters. The fourth-order valence-corrected chi connectivity index (χ4v) is 3.79. The Hall–Kier alpha value is -1.18. The van der Waals surface area contributed by atoms with Gasteiger partial charge in [0.05, 0.1) is 83.9 Å². The molecule has 0 aromatic rings. The van der Waals surface area contributed by atoms with Crippen molar-refractivity contribution >= 4 is 11.7 Å². The average molecular weight is 782 g/mol. The summed E-state index contributed by atoms with van der Waals surface area (Å²) in [4.78, 5) is 22.4. The van der Waals surface area contributed by atoms with E-state index in [0.29, 0.717) is 83.0 Å². The molecule has 0 unspecified atom stereocenters. The SMILES string of the molecule is CC(C)CCCOCCOC(C)C.CC(C)COCCOC(C)C.CC(C)NC(=O)CCOCCOC(C)C.CC(C)OCCOCCCC(=O)C(C)C. The number of nitrogens with one attached hydrogen (secondary N) is 1. The summed E-state index contributed by atoms with van der Waals surface area (Å²) in [6, 6.07) is 0.196. The van der Waals surface area contributed by atoms with Gasteiger partial charge < -0.3 is 43.2 Å². The molecule has 0 aromatic carbocycles. The van der Waals surface area contributed by atoms with Gasteiger partial charge in [0.15, 0.2) is 0 Å². The van der Waals surface area contributed by atoms with Crippen molar-refractivity contribution < 1.29 is 47.5 Å². The van der Waals surface area contributed by atoms with Crippen molar-refractivity contribution in [2.45, 2.75) is 173 Å². The van der Waals surface area contributed by atoms with Crippen LogP contribution in [0, 0.1) is 17.8 Å². The number of ether oxygens (including phenoxy) is 8. The maximum atomic E-state index is 11.2. The van der Waals surface area contributed by atoms with Gasteiger partial charge in [0.1, 0.15) is 5.78 Å². The lowest BCUT2D eigenvalue weighted by Gasteiger charge is -2.09. The molecular formula is C43H91NO10. The first-order valence-corrected chi connectivity index (χ1v) is 20.9. The van der Waals surface area contributed by atoms with E-state index in [9.17, 15) is 9.59 Å².